The molecule has 0 aliphatic rings. The number of furan rings is 1. The second-order valence-electron chi connectivity index (χ2n) is 3.95. The first-order valence-electron chi connectivity index (χ1n) is 5.60. The van der Waals surface area contributed by atoms with E-state index in [0.717, 1.165) is 36.2 Å². The average molecular weight is 243 g/mol. The monoisotopic (exact) mass is 243 g/mol. The maximum absolute atomic E-state index is 5.69. The van der Waals surface area contributed by atoms with Crippen LogP contribution in [-0.2, 0) is 17.0 Å². The minimum absolute atomic E-state index is 0.490. The van der Waals surface area contributed by atoms with E-state index in [2.05, 4.69) is 25.2 Å². The van der Waals surface area contributed by atoms with E-state index < -0.39 is 0 Å². The van der Waals surface area contributed by atoms with Crippen LogP contribution < -0.4 is 5.32 Å². The third-order valence-electron chi connectivity index (χ3n) is 2.08. The lowest BCUT2D eigenvalue weighted by molar-refractivity contribution is 0.218. The minimum atomic E-state index is 0.490. The zero-order valence-corrected chi connectivity index (χ0v) is 11.1. The summed E-state index contributed by atoms with van der Waals surface area (Å²) in [6.07, 6.45) is 0. The zero-order valence-electron chi connectivity index (χ0n) is 10.3. The van der Waals surface area contributed by atoms with Crippen molar-refractivity contribution in [3.63, 3.8) is 0 Å². The predicted molar refractivity (Wildman–Crippen MR) is 68.7 cm³/mol. The maximum atomic E-state index is 5.69. The molecule has 0 saturated heterocycles. The molecular formula is C12H21NO2S. The summed E-state index contributed by atoms with van der Waals surface area (Å²) < 4.78 is 10.7. The highest BCUT2D eigenvalue weighted by molar-refractivity contribution is 7.98. The first-order chi connectivity index (χ1) is 7.72. The van der Waals surface area contributed by atoms with Gasteiger partial charge in [-0.3, -0.25) is 0 Å². The quantitative estimate of drug-likeness (QED) is 0.712. The Hall–Kier alpha value is -0.450. The van der Waals surface area contributed by atoms with E-state index in [1.807, 2.05) is 17.8 Å². The van der Waals surface area contributed by atoms with Gasteiger partial charge in [0.2, 0.25) is 0 Å². The minimum Gasteiger partial charge on any atom is -0.464 e. The van der Waals surface area contributed by atoms with Crippen LogP contribution in [0.2, 0.25) is 0 Å². The Labute approximate surface area is 102 Å². The van der Waals surface area contributed by atoms with Gasteiger partial charge in [-0.2, -0.15) is 11.8 Å². The largest absolute Gasteiger partial charge is 0.464 e. The molecular weight excluding hydrogens is 222 g/mol. The van der Waals surface area contributed by atoms with Crippen LogP contribution in [0.5, 0.6) is 0 Å². The Morgan fingerprint density at radius 1 is 1.38 bits per heavy atom. The molecule has 0 aliphatic carbocycles. The summed E-state index contributed by atoms with van der Waals surface area (Å²) in [6, 6.07) is 4.59. The topological polar surface area (TPSA) is 34.4 Å². The third-order valence-corrected chi connectivity index (χ3v) is 3.02. The van der Waals surface area contributed by atoms with Gasteiger partial charge in [-0.05, 0) is 12.1 Å². The van der Waals surface area contributed by atoms with E-state index in [-0.39, 0.29) is 0 Å². The van der Waals surface area contributed by atoms with Crippen LogP contribution in [0, 0.1) is 0 Å². The van der Waals surface area contributed by atoms with Crippen molar-refractivity contribution in [2.75, 3.05) is 19.5 Å². The second-order valence-corrected chi connectivity index (χ2v) is 5.05. The molecule has 0 unspecified atom stereocenters. The predicted octanol–water partition coefficient (Wildman–Crippen LogP) is 2.66. The number of nitrogens with one attached hydrogen (secondary N) is 1. The van der Waals surface area contributed by atoms with Gasteiger partial charge in [0.15, 0.2) is 0 Å². The molecule has 16 heavy (non-hydrogen) atoms. The molecule has 0 aliphatic heterocycles. The average Bonchev–Trinajstić information content (AvgIpc) is 2.70. The van der Waals surface area contributed by atoms with Crippen molar-refractivity contribution in [2.45, 2.75) is 32.2 Å². The summed E-state index contributed by atoms with van der Waals surface area (Å²) in [5, 5.41) is 3.33. The molecule has 0 amide bonds. The van der Waals surface area contributed by atoms with Crippen LogP contribution in [0.4, 0.5) is 0 Å². The van der Waals surface area contributed by atoms with Gasteiger partial charge in [0.1, 0.15) is 11.5 Å². The SMILES string of the molecule is COCCSCc1ccc(CNC(C)C)o1. The molecule has 1 aromatic rings. The van der Waals surface area contributed by atoms with Crippen molar-refractivity contribution in [3.8, 4) is 0 Å². The standard InChI is InChI=1S/C12H21NO2S/c1-10(2)13-8-11-4-5-12(15-11)9-16-7-6-14-3/h4-5,10,13H,6-9H2,1-3H3. The van der Waals surface area contributed by atoms with Crippen LogP contribution in [0.25, 0.3) is 0 Å². The van der Waals surface area contributed by atoms with E-state index in [1.54, 1.807) is 7.11 Å². The second kappa shape index (κ2) is 7.76. The van der Waals surface area contributed by atoms with Gasteiger partial charge in [-0.1, -0.05) is 13.8 Å². The Morgan fingerprint density at radius 2 is 2.12 bits per heavy atom. The Bertz CT molecular complexity index is 286. The summed E-state index contributed by atoms with van der Waals surface area (Å²) >= 11 is 1.83. The lowest BCUT2D eigenvalue weighted by atomic mass is 10.3. The van der Waals surface area contributed by atoms with Gasteiger partial charge in [0.05, 0.1) is 18.9 Å². The first kappa shape index (κ1) is 13.6. The third kappa shape index (κ3) is 5.58. The molecule has 0 saturated carbocycles. The van der Waals surface area contributed by atoms with Crippen LogP contribution >= 0.6 is 11.8 Å². The molecule has 1 aromatic heterocycles. The smallest absolute Gasteiger partial charge is 0.118 e. The fraction of sp³-hybridized carbons (Fsp3) is 0.667. The summed E-state index contributed by atoms with van der Waals surface area (Å²) in [4.78, 5) is 0. The number of hydrogen-bond acceptors (Lipinski definition) is 4. The fourth-order valence-corrected chi connectivity index (χ4v) is 2.00. The van der Waals surface area contributed by atoms with Gasteiger partial charge < -0.3 is 14.5 Å². The Morgan fingerprint density at radius 3 is 2.81 bits per heavy atom. The molecule has 0 radical (unpaired) electrons. The molecule has 1 N–H and O–H groups in total. The first-order valence-corrected chi connectivity index (χ1v) is 6.75. The van der Waals surface area contributed by atoms with Crippen molar-refractivity contribution in [1.82, 2.24) is 5.32 Å². The van der Waals surface area contributed by atoms with Gasteiger partial charge in [0.25, 0.3) is 0 Å². The van der Waals surface area contributed by atoms with Crippen molar-refractivity contribution in [1.29, 1.82) is 0 Å². The molecule has 0 atom stereocenters. The molecule has 4 heteroatoms. The molecule has 1 heterocycles. The van der Waals surface area contributed by atoms with E-state index in [4.69, 9.17) is 9.15 Å². The molecule has 0 spiro atoms. The summed E-state index contributed by atoms with van der Waals surface area (Å²) in [6.45, 7) is 5.86. The lowest BCUT2D eigenvalue weighted by Gasteiger charge is -2.05. The number of thioether (sulfide) groups is 1. The van der Waals surface area contributed by atoms with Crippen molar-refractivity contribution in [3.05, 3.63) is 23.7 Å². The van der Waals surface area contributed by atoms with Crippen molar-refractivity contribution in [2.24, 2.45) is 0 Å². The van der Waals surface area contributed by atoms with Gasteiger partial charge in [0, 0.05) is 18.9 Å². The van der Waals surface area contributed by atoms with Gasteiger partial charge in [-0.25, -0.2) is 0 Å². The summed E-state index contributed by atoms with van der Waals surface area (Å²) in [7, 11) is 1.73. The normalized spacial score (nSPS) is 11.2. The van der Waals surface area contributed by atoms with Crippen LogP contribution in [0.1, 0.15) is 25.4 Å². The molecule has 92 valence electrons. The summed E-state index contributed by atoms with van der Waals surface area (Å²) in [5.74, 6) is 3.99. The van der Waals surface area contributed by atoms with E-state index >= 15 is 0 Å². The van der Waals surface area contributed by atoms with Crippen molar-refractivity contribution >= 4 is 11.8 Å². The molecule has 3 nitrogen and oxygen atoms in total. The fourth-order valence-electron chi connectivity index (χ4n) is 1.21. The van der Waals surface area contributed by atoms with Crippen LogP contribution in [-0.4, -0.2) is 25.5 Å². The number of ether oxygens (including phenoxy) is 1. The summed E-state index contributed by atoms with van der Waals surface area (Å²) in [5.41, 5.74) is 0. The van der Waals surface area contributed by atoms with Crippen LogP contribution in [0.15, 0.2) is 16.5 Å². The van der Waals surface area contributed by atoms with Crippen LogP contribution in [0.3, 0.4) is 0 Å². The van der Waals surface area contributed by atoms with E-state index in [0.29, 0.717) is 6.04 Å². The molecule has 0 fully saturated rings. The highest BCUT2D eigenvalue weighted by Crippen LogP contribution is 2.15. The van der Waals surface area contributed by atoms with Crippen molar-refractivity contribution < 1.29 is 9.15 Å². The molecule has 0 aromatic carbocycles. The zero-order chi connectivity index (χ0) is 11.8. The Kier molecular flexibility index (Phi) is 6.61. The highest BCUT2D eigenvalue weighted by Gasteiger charge is 2.02. The van der Waals surface area contributed by atoms with E-state index in [1.165, 1.54) is 0 Å². The van der Waals surface area contributed by atoms with E-state index in [9.17, 15) is 0 Å². The Balaban J connectivity index is 2.22. The lowest BCUT2D eigenvalue weighted by Crippen LogP contribution is -2.21. The highest BCUT2D eigenvalue weighted by atomic mass is 32.2. The number of methoxy groups -OCH3 is 1. The molecule has 0 bridgehead atoms. The van der Waals surface area contributed by atoms with Gasteiger partial charge in [-0.15, -0.1) is 0 Å². The number of hydrogen-bond donors (Lipinski definition) is 1. The molecule has 1 rings (SSSR count). The maximum Gasteiger partial charge on any atom is 0.118 e. The van der Waals surface area contributed by atoms with Gasteiger partial charge >= 0.3 is 0 Å². The number of rotatable bonds is 8.